The zero-order valence-electron chi connectivity index (χ0n) is 16.8. The highest BCUT2D eigenvalue weighted by molar-refractivity contribution is 7.13. The summed E-state index contributed by atoms with van der Waals surface area (Å²) in [6.07, 6.45) is 0.795. The van der Waals surface area contributed by atoms with Crippen LogP contribution in [0.3, 0.4) is 0 Å². The van der Waals surface area contributed by atoms with Crippen molar-refractivity contribution >= 4 is 17.0 Å². The van der Waals surface area contributed by atoms with Crippen LogP contribution in [0.2, 0.25) is 0 Å². The summed E-state index contributed by atoms with van der Waals surface area (Å²) in [5.74, 6) is 0. The smallest absolute Gasteiger partial charge is 0.288 e. The highest BCUT2D eigenvalue weighted by atomic mass is 32.1. The Morgan fingerprint density at radius 1 is 1.16 bits per heavy atom. The van der Waals surface area contributed by atoms with Gasteiger partial charge in [0.05, 0.1) is 22.3 Å². The Morgan fingerprint density at radius 3 is 2.68 bits per heavy atom. The summed E-state index contributed by atoms with van der Waals surface area (Å²) in [4.78, 5) is 11.6. The van der Waals surface area contributed by atoms with Gasteiger partial charge in [0, 0.05) is 24.5 Å². The van der Waals surface area contributed by atoms with Crippen LogP contribution in [-0.4, -0.2) is 31.0 Å². The fraction of sp³-hybridized carbons (Fsp3) is 0.318. The minimum Gasteiger partial charge on any atom is -0.288 e. The molecule has 1 fully saturated rings. The lowest BCUT2D eigenvalue weighted by Gasteiger charge is -2.30. The Kier molecular flexibility index (Phi) is 5.02. The molecule has 4 aromatic heterocycles. The van der Waals surface area contributed by atoms with Gasteiger partial charge >= 0.3 is 6.18 Å². The maximum Gasteiger partial charge on any atom is 0.433 e. The zero-order chi connectivity index (χ0) is 21.6. The number of halogens is 3. The van der Waals surface area contributed by atoms with Crippen LogP contribution in [0.25, 0.3) is 16.2 Å². The average Bonchev–Trinajstić information content (AvgIpc) is 3.52. The first-order valence-electron chi connectivity index (χ1n) is 10.1. The summed E-state index contributed by atoms with van der Waals surface area (Å²) in [6.45, 7) is 2.97. The Hall–Kier alpha value is -2.78. The standard InChI is InChI=1S/C22H20F3N5S/c1-14(15-6-8-26-9-7-15)29-10-2-4-18(29)16-13-21-27-17(19-5-3-11-31-19)12-20(22(23,24)25)30(21)28-16/h3,5-9,11-14,18H,2,4,10H2,1H3/t14-,18-/m0/s1. The van der Waals surface area contributed by atoms with Crippen molar-refractivity contribution < 1.29 is 13.2 Å². The lowest BCUT2D eigenvalue weighted by molar-refractivity contribution is -0.142. The van der Waals surface area contributed by atoms with Gasteiger partial charge in [0.2, 0.25) is 0 Å². The van der Waals surface area contributed by atoms with Crippen LogP contribution < -0.4 is 0 Å². The third-order valence-corrected chi connectivity index (χ3v) is 6.72. The van der Waals surface area contributed by atoms with Gasteiger partial charge in [-0.25, -0.2) is 9.50 Å². The minimum absolute atomic E-state index is 0.0591. The van der Waals surface area contributed by atoms with Gasteiger partial charge in [0.1, 0.15) is 0 Å². The second-order valence-corrected chi connectivity index (χ2v) is 8.64. The number of likely N-dealkylation sites (tertiary alicyclic amines) is 1. The summed E-state index contributed by atoms with van der Waals surface area (Å²) in [5.41, 5.74) is 1.48. The van der Waals surface area contributed by atoms with Crippen LogP contribution in [0.1, 0.15) is 48.8 Å². The van der Waals surface area contributed by atoms with E-state index >= 15 is 0 Å². The fourth-order valence-corrected chi connectivity index (χ4v) is 5.00. The first kappa shape index (κ1) is 20.1. The van der Waals surface area contributed by atoms with Crippen molar-refractivity contribution in [1.29, 1.82) is 0 Å². The van der Waals surface area contributed by atoms with Crippen LogP contribution in [0.4, 0.5) is 13.2 Å². The number of fused-ring (bicyclic) bond motifs is 1. The maximum atomic E-state index is 13.9. The van der Waals surface area contributed by atoms with Gasteiger partial charge in [0.25, 0.3) is 0 Å². The van der Waals surface area contributed by atoms with E-state index in [0.29, 0.717) is 16.3 Å². The molecule has 1 saturated heterocycles. The SMILES string of the molecule is C[C@@H](c1ccncc1)N1CCC[C@H]1c1cc2nc(-c3cccs3)cc(C(F)(F)F)n2n1. The monoisotopic (exact) mass is 443 g/mol. The van der Waals surface area contributed by atoms with Gasteiger partial charge in [0.15, 0.2) is 11.3 Å². The van der Waals surface area contributed by atoms with Gasteiger partial charge in [-0.3, -0.25) is 9.88 Å². The summed E-state index contributed by atoms with van der Waals surface area (Å²) >= 11 is 1.37. The minimum atomic E-state index is -4.53. The van der Waals surface area contributed by atoms with E-state index in [-0.39, 0.29) is 17.7 Å². The molecule has 0 bridgehead atoms. The van der Waals surface area contributed by atoms with Crippen molar-refractivity contribution in [1.82, 2.24) is 24.5 Å². The summed E-state index contributed by atoms with van der Waals surface area (Å²) in [5, 5.41) is 6.22. The van der Waals surface area contributed by atoms with E-state index in [1.54, 1.807) is 30.6 Å². The van der Waals surface area contributed by atoms with Gasteiger partial charge in [-0.1, -0.05) is 6.07 Å². The van der Waals surface area contributed by atoms with E-state index in [1.165, 1.54) is 11.3 Å². The number of aromatic nitrogens is 4. The maximum absolute atomic E-state index is 13.9. The molecule has 0 aromatic carbocycles. The Bertz CT molecular complexity index is 1190. The van der Waals surface area contributed by atoms with Crippen molar-refractivity contribution in [2.45, 2.75) is 38.0 Å². The molecular formula is C22H20F3N5S. The van der Waals surface area contributed by atoms with Crippen molar-refractivity contribution in [2.24, 2.45) is 0 Å². The van der Waals surface area contributed by atoms with Crippen LogP contribution in [0, 0.1) is 0 Å². The van der Waals surface area contributed by atoms with Crippen molar-refractivity contribution in [2.75, 3.05) is 6.54 Å². The number of rotatable bonds is 4. The molecule has 4 aromatic rings. The lowest BCUT2D eigenvalue weighted by Crippen LogP contribution is -2.27. The van der Waals surface area contributed by atoms with Crippen LogP contribution in [0.15, 0.2) is 54.2 Å². The molecule has 5 heterocycles. The van der Waals surface area contributed by atoms with Gasteiger partial charge in [-0.2, -0.15) is 18.3 Å². The molecule has 0 N–H and O–H groups in total. The summed E-state index contributed by atoms with van der Waals surface area (Å²) in [6, 6.07) is 10.4. The third-order valence-electron chi connectivity index (χ3n) is 5.83. The predicted octanol–water partition coefficient (Wildman–Crippen LogP) is 5.77. The Morgan fingerprint density at radius 2 is 1.97 bits per heavy atom. The molecule has 2 atom stereocenters. The third kappa shape index (κ3) is 3.72. The molecule has 0 unspecified atom stereocenters. The predicted molar refractivity (Wildman–Crippen MR) is 113 cm³/mol. The van der Waals surface area contributed by atoms with E-state index in [2.05, 4.69) is 26.9 Å². The molecule has 160 valence electrons. The summed E-state index contributed by atoms with van der Waals surface area (Å²) in [7, 11) is 0. The molecule has 5 nitrogen and oxygen atoms in total. The lowest BCUT2D eigenvalue weighted by atomic mass is 10.1. The highest BCUT2D eigenvalue weighted by Gasteiger charge is 2.37. The fourth-order valence-electron chi connectivity index (χ4n) is 4.31. The average molecular weight is 443 g/mol. The molecule has 1 aliphatic rings. The molecule has 31 heavy (non-hydrogen) atoms. The van der Waals surface area contributed by atoms with E-state index in [1.807, 2.05) is 17.5 Å². The zero-order valence-corrected chi connectivity index (χ0v) is 17.6. The largest absolute Gasteiger partial charge is 0.433 e. The topological polar surface area (TPSA) is 46.3 Å². The highest BCUT2D eigenvalue weighted by Crippen LogP contribution is 2.39. The molecule has 0 spiro atoms. The van der Waals surface area contributed by atoms with Crippen LogP contribution >= 0.6 is 11.3 Å². The molecule has 9 heteroatoms. The number of pyridine rings is 1. The molecular weight excluding hydrogens is 423 g/mol. The first-order chi connectivity index (χ1) is 14.9. The van der Waals surface area contributed by atoms with Crippen molar-refractivity contribution in [3.8, 4) is 10.6 Å². The second kappa shape index (κ2) is 7.72. The molecule has 5 rings (SSSR count). The van der Waals surface area contributed by atoms with Gasteiger partial charge < -0.3 is 0 Å². The molecule has 0 saturated carbocycles. The normalized spacial score (nSPS) is 18.6. The molecule has 1 aliphatic heterocycles. The Labute approximate surface area is 181 Å². The van der Waals surface area contributed by atoms with Gasteiger partial charge in [-0.05, 0) is 61.5 Å². The quantitative estimate of drug-likeness (QED) is 0.402. The molecule has 0 amide bonds. The van der Waals surface area contributed by atoms with Crippen LogP contribution in [-0.2, 0) is 6.18 Å². The van der Waals surface area contributed by atoms with Crippen molar-refractivity contribution in [3.05, 3.63) is 71.1 Å². The van der Waals surface area contributed by atoms with E-state index in [0.717, 1.165) is 35.5 Å². The molecule has 0 radical (unpaired) electrons. The number of hydrogen-bond donors (Lipinski definition) is 0. The van der Waals surface area contributed by atoms with E-state index < -0.39 is 11.9 Å². The van der Waals surface area contributed by atoms with Gasteiger partial charge in [-0.15, -0.1) is 11.3 Å². The van der Waals surface area contributed by atoms with E-state index in [4.69, 9.17) is 0 Å². The van der Waals surface area contributed by atoms with E-state index in [9.17, 15) is 13.2 Å². The number of alkyl halides is 3. The summed E-state index contributed by atoms with van der Waals surface area (Å²) < 4.78 is 42.5. The first-order valence-corrected chi connectivity index (χ1v) is 11.0. The number of thiophene rings is 1. The van der Waals surface area contributed by atoms with Crippen LogP contribution in [0.5, 0.6) is 0 Å². The number of nitrogens with zero attached hydrogens (tertiary/aromatic N) is 5. The Balaban J connectivity index is 1.57. The molecule has 0 aliphatic carbocycles. The number of hydrogen-bond acceptors (Lipinski definition) is 5. The van der Waals surface area contributed by atoms with Crippen molar-refractivity contribution in [3.63, 3.8) is 0 Å². The second-order valence-electron chi connectivity index (χ2n) is 7.69.